The van der Waals surface area contributed by atoms with Crippen molar-refractivity contribution in [2.75, 3.05) is 9.80 Å². The zero-order valence-electron chi connectivity index (χ0n) is 40.7. The molecule has 4 aliphatic rings. The number of hydrogen-bond acceptors (Lipinski definition) is 3. The van der Waals surface area contributed by atoms with Crippen molar-refractivity contribution in [2.45, 2.75) is 169 Å². The highest BCUT2D eigenvalue weighted by molar-refractivity contribution is 7.26. The predicted octanol–water partition coefficient (Wildman–Crippen LogP) is 14.9. The van der Waals surface area contributed by atoms with Crippen molar-refractivity contribution >= 4 is 78.0 Å². The minimum absolute atomic E-state index is 0.000359. The smallest absolute Gasteiger partial charge is 0.254 e. The molecule has 320 valence electrons. The molecule has 0 radical (unpaired) electrons. The number of anilines is 6. The Hall–Kier alpha value is -4.28. The van der Waals surface area contributed by atoms with Gasteiger partial charge in [0.05, 0.1) is 5.00 Å². The van der Waals surface area contributed by atoms with Gasteiger partial charge in [-0.05, 0) is 175 Å². The lowest BCUT2D eigenvalue weighted by Gasteiger charge is -2.49. The number of hydrogen-bond donors (Lipinski definition) is 0. The number of fused-ring (bicyclic) bond motifs is 9. The Kier molecular flexibility index (Phi) is 8.85. The fourth-order valence-electron chi connectivity index (χ4n) is 11.9. The summed E-state index contributed by atoms with van der Waals surface area (Å²) in [6, 6.07) is 32.4. The molecule has 5 aromatic carbocycles. The Bertz CT molecular complexity index is 2870. The SMILES string of the molecule is Cc1cc2c3c(c1)N(c1ccc4c(c1)C(C)(C)CCC4(C)C)c1c(ccc4c1C(C)(C)CCC4(C)C)B3c1c(sc3ccc(C(C)(C)C)cc13)N2c1ccc(C(C)(C)C)cc1C. The van der Waals surface area contributed by atoms with Gasteiger partial charge in [0.1, 0.15) is 0 Å². The quantitative estimate of drug-likeness (QED) is 0.160. The van der Waals surface area contributed by atoms with Crippen LogP contribution in [-0.2, 0) is 32.5 Å². The Morgan fingerprint density at radius 3 is 1.74 bits per heavy atom. The Morgan fingerprint density at radius 1 is 0.532 bits per heavy atom. The minimum Gasteiger partial charge on any atom is -0.311 e. The monoisotopic (exact) mass is 837 g/mol. The van der Waals surface area contributed by atoms with E-state index in [1.54, 1.807) is 5.56 Å². The van der Waals surface area contributed by atoms with E-state index < -0.39 is 0 Å². The molecule has 0 N–H and O–H groups in total. The summed E-state index contributed by atoms with van der Waals surface area (Å²) < 4.78 is 1.37. The molecule has 0 bridgehead atoms. The average Bonchev–Trinajstić information content (AvgIpc) is 3.56. The van der Waals surface area contributed by atoms with Crippen LogP contribution in [-0.4, -0.2) is 6.71 Å². The molecule has 3 heterocycles. The van der Waals surface area contributed by atoms with Crippen LogP contribution >= 0.6 is 11.3 Å². The van der Waals surface area contributed by atoms with E-state index in [-0.39, 0.29) is 39.2 Å². The molecule has 62 heavy (non-hydrogen) atoms. The molecule has 2 aliphatic heterocycles. The van der Waals surface area contributed by atoms with Crippen molar-refractivity contribution in [3.8, 4) is 0 Å². The van der Waals surface area contributed by atoms with Gasteiger partial charge in [0.15, 0.2) is 0 Å². The third kappa shape index (κ3) is 6.08. The molecule has 0 amide bonds. The average molecular weight is 837 g/mol. The van der Waals surface area contributed by atoms with Crippen LogP contribution in [0.25, 0.3) is 10.1 Å². The standard InChI is InChI=1S/C58H69BN2S/c1-34-29-45-50-46(30-34)61(44-23-17-36(31-35(44)2)53(3,4)5)52-49(39-32-37(54(6,7)8)18-24-47(39)62-52)59(50)43-22-21-41-48(58(15,16)28-27-56(41,11)12)51(43)60(45)38-19-20-40-42(33-38)57(13,14)26-25-55(40,9)10/h17-24,29-33H,25-28H2,1-16H3. The van der Waals surface area contributed by atoms with E-state index in [0.29, 0.717) is 0 Å². The summed E-state index contributed by atoms with van der Waals surface area (Å²) in [5.41, 5.74) is 22.9. The van der Waals surface area contributed by atoms with Gasteiger partial charge in [-0.2, -0.15) is 0 Å². The van der Waals surface area contributed by atoms with Crippen LogP contribution in [0.15, 0.2) is 78.9 Å². The molecule has 0 unspecified atom stereocenters. The van der Waals surface area contributed by atoms with Gasteiger partial charge in [0, 0.05) is 33.1 Å². The number of benzene rings is 5. The maximum Gasteiger partial charge on any atom is 0.254 e. The molecular weight excluding hydrogens is 768 g/mol. The van der Waals surface area contributed by atoms with Gasteiger partial charge in [-0.15, -0.1) is 11.3 Å². The lowest BCUT2D eigenvalue weighted by molar-refractivity contribution is 0.331. The highest BCUT2D eigenvalue weighted by atomic mass is 32.1. The second-order valence-electron chi connectivity index (χ2n) is 24.5. The molecule has 0 fully saturated rings. The van der Waals surface area contributed by atoms with Gasteiger partial charge in [-0.3, -0.25) is 0 Å². The third-order valence-electron chi connectivity index (χ3n) is 16.0. The molecule has 2 aliphatic carbocycles. The van der Waals surface area contributed by atoms with Crippen molar-refractivity contribution in [1.82, 2.24) is 0 Å². The van der Waals surface area contributed by atoms with E-state index >= 15 is 0 Å². The second-order valence-corrected chi connectivity index (χ2v) is 25.6. The first-order chi connectivity index (χ1) is 28.8. The number of nitrogens with zero attached hydrogens (tertiary/aromatic N) is 2. The molecular formula is C58H69BN2S. The third-order valence-corrected chi connectivity index (χ3v) is 17.2. The molecule has 6 aromatic rings. The first-order valence-corrected chi connectivity index (χ1v) is 24.4. The van der Waals surface area contributed by atoms with E-state index in [1.165, 1.54) is 125 Å². The molecule has 10 rings (SSSR count). The van der Waals surface area contributed by atoms with Crippen LogP contribution in [0.2, 0.25) is 0 Å². The number of thiophene rings is 1. The summed E-state index contributed by atoms with van der Waals surface area (Å²) in [5.74, 6) is 0. The van der Waals surface area contributed by atoms with E-state index in [2.05, 4.69) is 199 Å². The van der Waals surface area contributed by atoms with Crippen LogP contribution in [0.5, 0.6) is 0 Å². The van der Waals surface area contributed by atoms with E-state index in [0.717, 1.165) is 0 Å². The second kappa shape index (κ2) is 13.2. The van der Waals surface area contributed by atoms with Gasteiger partial charge < -0.3 is 9.80 Å². The molecule has 0 saturated heterocycles. The van der Waals surface area contributed by atoms with Gasteiger partial charge in [0.2, 0.25) is 0 Å². The van der Waals surface area contributed by atoms with E-state index in [1.807, 2.05) is 11.3 Å². The van der Waals surface area contributed by atoms with Crippen molar-refractivity contribution < 1.29 is 0 Å². The fraction of sp³-hybridized carbons (Fsp3) is 0.448. The molecule has 4 heteroatoms. The summed E-state index contributed by atoms with van der Waals surface area (Å²) >= 11 is 1.99. The summed E-state index contributed by atoms with van der Waals surface area (Å²) in [6.07, 6.45) is 4.76. The summed E-state index contributed by atoms with van der Waals surface area (Å²) in [7, 11) is 0. The predicted molar refractivity (Wildman–Crippen MR) is 273 cm³/mol. The molecule has 0 saturated carbocycles. The van der Waals surface area contributed by atoms with Gasteiger partial charge >= 0.3 is 0 Å². The van der Waals surface area contributed by atoms with Crippen molar-refractivity contribution in [1.29, 1.82) is 0 Å². The lowest BCUT2D eigenvalue weighted by Crippen LogP contribution is -2.61. The first-order valence-electron chi connectivity index (χ1n) is 23.6. The number of rotatable bonds is 2. The molecule has 2 nitrogen and oxygen atoms in total. The maximum absolute atomic E-state index is 2.77. The fourth-order valence-corrected chi connectivity index (χ4v) is 13.2. The van der Waals surface area contributed by atoms with Crippen molar-refractivity contribution in [3.63, 3.8) is 0 Å². The number of aryl methyl sites for hydroxylation is 2. The topological polar surface area (TPSA) is 6.48 Å². The molecule has 1 aromatic heterocycles. The van der Waals surface area contributed by atoms with E-state index in [4.69, 9.17) is 0 Å². The van der Waals surface area contributed by atoms with Crippen LogP contribution in [0, 0.1) is 13.8 Å². The summed E-state index contributed by atoms with van der Waals surface area (Å²) in [5, 5.41) is 2.77. The van der Waals surface area contributed by atoms with Crippen molar-refractivity contribution in [3.05, 3.63) is 123 Å². The normalized spacial score (nSPS) is 19.1. The van der Waals surface area contributed by atoms with Crippen LogP contribution in [0.1, 0.15) is 167 Å². The lowest BCUT2D eigenvalue weighted by atomic mass is 9.33. The largest absolute Gasteiger partial charge is 0.311 e. The Morgan fingerprint density at radius 2 is 1.10 bits per heavy atom. The van der Waals surface area contributed by atoms with Gasteiger partial charge in [-0.25, -0.2) is 0 Å². The Labute approximate surface area is 378 Å². The zero-order valence-corrected chi connectivity index (χ0v) is 41.5. The van der Waals surface area contributed by atoms with Crippen LogP contribution in [0.4, 0.5) is 33.4 Å². The first kappa shape index (κ1) is 41.7. The van der Waals surface area contributed by atoms with E-state index in [9.17, 15) is 0 Å². The Balaban J connectivity index is 1.36. The zero-order chi connectivity index (χ0) is 44.4. The highest BCUT2D eigenvalue weighted by Gasteiger charge is 2.50. The summed E-state index contributed by atoms with van der Waals surface area (Å²) in [6.45, 7) is 38.7. The van der Waals surface area contributed by atoms with Crippen LogP contribution in [0.3, 0.4) is 0 Å². The molecule has 0 atom stereocenters. The highest BCUT2D eigenvalue weighted by Crippen LogP contribution is 2.56. The maximum atomic E-state index is 2.77. The van der Waals surface area contributed by atoms with Crippen LogP contribution < -0.4 is 26.2 Å². The molecule has 0 spiro atoms. The summed E-state index contributed by atoms with van der Waals surface area (Å²) in [4.78, 5) is 5.44. The van der Waals surface area contributed by atoms with Gasteiger partial charge in [0.25, 0.3) is 6.71 Å². The van der Waals surface area contributed by atoms with Gasteiger partial charge in [-0.1, -0.05) is 139 Å². The minimum atomic E-state index is -0.000359. The van der Waals surface area contributed by atoms with Crippen molar-refractivity contribution in [2.24, 2.45) is 0 Å².